The van der Waals surface area contributed by atoms with Gasteiger partial charge in [-0.15, -0.1) is 0 Å². The maximum absolute atomic E-state index is 13.2. The van der Waals surface area contributed by atoms with Gasteiger partial charge in [0.15, 0.2) is 0 Å². The zero-order valence-corrected chi connectivity index (χ0v) is 25.4. The molecule has 10 heteroatoms. The van der Waals surface area contributed by atoms with Crippen LogP contribution < -0.4 is 16.0 Å². The molecule has 3 heterocycles. The molecule has 0 aliphatic carbocycles. The fourth-order valence-electron chi connectivity index (χ4n) is 5.59. The predicted octanol–water partition coefficient (Wildman–Crippen LogP) is 6.47. The van der Waals surface area contributed by atoms with Gasteiger partial charge in [-0.2, -0.15) is 0 Å². The largest absolute Gasteiger partial charge is 0.339 e. The molecular weight excluding hydrogens is 578 g/mol. The highest BCUT2D eigenvalue weighted by Gasteiger charge is 2.22. The Morgan fingerprint density at radius 2 is 1.61 bits per heavy atom. The Hall–Kier alpha value is -5.90. The summed E-state index contributed by atoms with van der Waals surface area (Å²) in [5, 5.41) is 10.8. The van der Waals surface area contributed by atoms with Crippen LogP contribution in [0.5, 0.6) is 0 Å². The summed E-state index contributed by atoms with van der Waals surface area (Å²) >= 11 is 0. The van der Waals surface area contributed by atoms with Crippen LogP contribution in [-0.4, -0.2) is 50.7 Å². The van der Waals surface area contributed by atoms with Crippen LogP contribution >= 0.6 is 0 Å². The predicted molar refractivity (Wildman–Crippen MR) is 179 cm³/mol. The summed E-state index contributed by atoms with van der Waals surface area (Å²) in [5.41, 5.74) is 4.67. The minimum atomic E-state index is -0.343. The van der Waals surface area contributed by atoms with Gasteiger partial charge in [0.25, 0.3) is 11.8 Å². The topological polar surface area (TPSA) is 129 Å². The average Bonchev–Trinajstić information content (AvgIpc) is 3.09. The van der Waals surface area contributed by atoms with Gasteiger partial charge in [-0.3, -0.25) is 19.4 Å². The number of likely N-dealkylation sites (tertiary alicyclic amines) is 1. The van der Waals surface area contributed by atoms with E-state index in [0.29, 0.717) is 47.5 Å². The lowest BCUT2D eigenvalue weighted by molar-refractivity contribution is -0.127. The van der Waals surface area contributed by atoms with E-state index in [4.69, 9.17) is 0 Å². The van der Waals surface area contributed by atoms with Crippen LogP contribution in [-0.2, 0) is 4.79 Å². The Morgan fingerprint density at radius 3 is 2.39 bits per heavy atom. The first-order valence-electron chi connectivity index (χ1n) is 15.0. The third-order valence-corrected chi connectivity index (χ3v) is 8.15. The van der Waals surface area contributed by atoms with Gasteiger partial charge in [-0.1, -0.05) is 30.8 Å². The first-order valence-corrected chi connectivity index (χ1v) is 15.0. The third kappa shape index (κ3) is 6.91. The molecule has 0 saturated carbocycles. The van der Waals surface area contributed by atoms with E-state index in [0.717, 1.165) is 34.9 Å². The van der Waals surface area contributed by atoms with Crippen molar-refractivity contribution in [1.29, 1.82) is 0 Å². The number of aryl methyl sites for hydroxylation is 1. The van der Waals surface area contributed by atoms with Crippen molar-refractivity contribution < 1.29 is 14.4 Å². The van der Waals surface area contributed by atoms with Gasteiger partial charge in [-0.25, -0.2) is 9.97 Å². The Balaban J connectivity index is 1.07. The summed E-state index contributed by atoms with van der Waals surface area (Å²) in [6.45, 7) is 6.84. The van der Waals surface area contributed by atoms with Gasteiger partial charge in [0.05, 0.1) is 18.1 Å². The molecule has 6 rings (SSSR count). The molecule has 5 aromatic rings. The monoisotopic (exact) mass is 611 g/mol. The summed E-state index contributed by atoms with van der Waals surface area (Å²) in [5.74, 6) is 0.119. The zero-order chi connectivity index (χ0) is 32.0. The number of aromatic nitrogens is 3. The van der Waals surface area contributed by atoms with Crippen LogP contribution in [0.25, 0.3) is 10.8 Å². The van der Waals surface area contributed by atoms with Crippen LogP contribution in [0.2, 0.25) is 0 Å². The van der Waals surface area contributed by atoms with E-state index in [1.165, 1.54) is 11.6 Å². The molecule has 0 unspecified atom stereocenters. The molecule has 1 aliphatic rings. The van der Waals surface area contributed by atoms with Crippen LogP contribution in [0.15, 0.2) is 104 Å². The Bertz CT molecular complexity index is 1930. The number of fused-ring (bicyclic) bond motifs is 1. The normalized spacial score (nSPS) is 13.2. The molecule has 10 nitrogen and oxygen atoms in total. The number of pyridine rings is 1. The van der Waals surface area contributed by atoms with Crippen molar-refractivity contribution in [3.05, 3.63) is 126 Å². The molecular formula is C36H33N7O3. The van der Waals surface area contributed by atoms with Crippen LogP contribution in [0.3, 0.4) is 0 Å². The van der Waals surface area contributed by atoms with Gasteiger partial charge < -0.3 is 20.9 Å². The van der Waals surface area contributed by atoms with Crippen LogP contribution in [0.4, 0.5) is 23.0 Å². The SMILES string of the molecule is C=CC(=O)N1CCC(c2cccc(Nc3ncc(NC(=O)c4cc(NC(=O)c5ccc6cnccc6c5)ccc4C)cn3)c2)CC1. The molecule has 3 amide bonds. The fourth-order valence-corrected chi connectivity index (χ4v) is 5.59. The number of anilines is 4. The van der Waals surface area contributed by atoms with Crippen LogP contribution in [0, 0.1) is 6.92 Å². The molecule has 1 fully saturated rings. The fraction of sp³-hybridized carbons (Fsp3) is 0.167. The smallest absolute Gasteiger partial charge is 0.256 e. The van der Waals surface area contributed by atoms with Gasteiger partial charge in [-0.05, 0) is 90.7 Å². The second-order valence-electron chi connectivity index (χ2n) is 11.2. The minimum Gasteiger partial charge on any atom is -0.339 e. The number of carbonyl (C=O) groups excluding carboxylic acids is 3. The Kier molecular flexibility index (Phi) is 8.78. The summed E-state index contributed by atoms with van der Waals surface area (Å²) in [6, 6.07) is 20.6. The van der Waals surface area contributed by atoms with Gasteiger partial charge in [0.2, 0.25) is 11.9 Å². The average molecular weight is 612 g/mol. The number of nitrogens with one attached hydrogen (secondary N) is 3. The van der Waals surface area contributed by atoms with E-state index in [1.807, 2.05) is 42.2 Å². The molecule has 0 spiro atoms. The molecule has 2 aromatic heterocycles. The second-order valence-corrected chi connectivity index (χ2v) is 11.2. The molecule has 3 N–H and O–H groups in total. The van der Waals surface area contributed by atoms with E-state index in [1.54, 1.807) is 49.1 Å². The second kappa shape index (κ2) is 13.4. The maximum atomic E-state index is 13.2. The summed E-state index contributed by atoms with van der Waals surface area (Å²) in [4.78, 5) is 52.8. The van der Waals surface area contributed by atoms with Gasteiger partial charge in [0.1, 0.15) is 0 Å². The number of hydrogen-bond acceptors (Lipinski definition) is 7. The van der Waals surface area contributed by atoms with Crippen molar-refractivity contribution in [3.63, 3.8) is 0 Å². The van der Waals surface area contributed by atoms with Gasteiger partial charge in [0, 0.05) is 53.4 Å². The number of nitrogens with zero attached hydrogens (tertiary/aromatic N) is 4. The third-order valence-electron chi connectivity index (χ3n) is 8.15. The number of hydrogen-bond donors (Lipinski definition) is 3. The number of carbonyl (C=O) groups is 3. The Morgan fingerprint density at radius 1 is 0.826 bits per heavy atom. The summed E-state index contributed by atoms with van der Waals surface area (Å²) in [7, 11) is 0. The van der Waals surface area contributed by atoms with Crippen molar-refractivity contribution in [2.75, 3.05) is 29.0 Å². The van der Waals surface area contributed by atoms with E-state index in [-0.39, 0.29) is 17.7 Å². The van der Waals surface area contributed by atoms with E-state index in [2.05, 4.69) is 49.6 Å². The lowest BCUT2D eigenvalue weighted by atomic mass is 9.89. The Labute approximate surface area is 266 Å². The number of benzene rings is 3. The lowest BCUT2D eigenvalue weighted by Gasteiger charge is -2.31. The van der Waals surface area contributed by atoms with Crippen molar-refractivity contribution in [3.8, 4) is 0 Å². The van der Waals surface area contributed by atoms with Gasteiger partial charge >= 0.3 is 0 Å². The number of piperidine rings is 1. The highest BCUT2D eigenvalue weighted by atomic mass is 16.2. The highest BCUT2D eigenvalue weighted by Crippen LogP contribution is 2.30. The molecule has 0 bridgehead atoms. The zero-order valence-electron chi connectivity index (χ0n) is 25.4. The van der Waals surface area contributed by atoms with Crippen molar-refractivity contribution in [1.82, 2.24) is 19.9 Å². The van der Waals surface area contributed by atoms with Crippen molar-refractivity contribution >= 4 is 51.5 Å². The lowest BCUT2D eigenvalue weighted by Crippen LogP contribution is -2.36. The van der Waals surface area contributed by atoms with E-state index in [9.17, 15) is 14.4 Å². The standard InChI is InChI=1S/C36H33N7O3/c1-3-33(44)43-15-12-24(13-16-43)25-5-4-6-29(18-25)42-36-38-21-31(22-39-36)41-35(46)32-19-30(10-7-23(32)2)40-34(45)27-8-9-28-20-37-14-11-26(28)17-27/h3-11,14,17-22,24H,1,12-13,15-16H2,2H3,(H,40,45)(H,41,46)(H,38,39,42). The first-order chi connectivity index (χ1) is 22.4. The summed E-state index contributed by atoms with van der Waals surface area (Å²) < 4.78 is 0. The molecule has 1 aliphatic heterocycles. The van der Waals surface area contributed by atoms with Crippen LogP contribution in [0.1, 0.15) is 50.6 Å². The van der Waals surface area contributed by atoms with E-state index >= 15 is 0 Å². The number of amides is 3. The van der Waals surface area contributed by atoms with Crippen molar-refractivity contribution in [2.45, 2.75) is 25.7 Å². The quantitative estimate of drug-likeness (QED) is 0.171. The maximum Gasteiger partial charge on any atom is 0.256 e. The number of rotatable bonds is 8. The molecule has 0 radical (unpaired) electrons. The molecule has 0 atom stereocenters. The molecule has 46 heavy (non-hydrogen) atoms. The molecule has 230 valence electrons. The molecule has 3 aromatic carbocycles. The highest BCUT2D eigenvalue weighted by molar-refractivity contribution is 6.09. The first kappa shape index (κ1) is 30.1. The summed E-state index contributed by atoms with van der Waals surface area (Å²) in [6.07, 6.45) is 9.67. The minimum absolute atomic E-state index is 0.0194. The van der Waals surface area contributed by atoms with Crippen molar-refractivity contribution in [2.24, 2.45) is 0 Å². The van der Waals surface area contributed by atoms with E-state index < -0.39 is 0 Å². The molecule has 1 saturated heterocycles.